The summed E-state index contributed by atoms with van der Waals surface area (Å²) in [4.78, 5) is 14.1. The number of carbonyl (C=O) groups excluding carboxylic acids is 1. The zero-order chi connectivity index (χ0) is 14.4. The summed E-state index contributed by atoms with van der Waals surface area (Å²) >= 11 is 0. The van der Waals surface area contributed by atoms with E-state index < -0.39 is 0 Å². The molecular formula is C14H20FN3O2. The largest absolute Gasteiger partial charge is 0.383 e. The zero-order valence-electron chi connectivity index (χ0n) is 11.6. The van der Waals surface area contributed by atoms with Crippen molar-refractivity contribution in [3.05, 3.63) is 30.1 Å². The lowest BCUT2D eigenvalue weighted by Crippen LogP contribution is -2.40. The Kier molecular flexibility index (Phi) is 5.31. The number of carbonyl (C=O) groups is 1. The van der Waals surface area contributed by atoms with Gasteiger partial charge in [-0.05, 0) is 24.6 Å². The van der Waals surface area contributed by atoms with Crippen LogP contribution in [0, 0.1) is 5.82 Å². The third kappa shape index (κ3) is 4.47. The van der Waals surface area contributed by atoms with Crippen molar-refractivity contribution in [3.8, 4) is 0 Å². The first-order valence-electron chi connectivity index (χ1n) is 6.72. The van der Waals surface area contributed by atoms with Crippen molar-refractivity contribution < 1.29 is 13.9 Å². The first-order valence-corrected chi connectivity index (χ1v) is 6.72. The molecule has 1 aromatic rings. The fraction of sp³-hybridized carbons (Fsp3) is 0.500. The average Bonchev–Trinajstić information content (AvgIpc) is 2.83. The highest BCUT2D eigenvalue weighted by Gasteiger charge is 2.23. The van der Waals surface area contributed by atoms with Crippen molar-refractivity contribution in [1.82, 2.24) is 10.2 Å². The molecule has 1 saturated heterocycles. The molecular weight excluding hydrogens is 261 g/mol. The molecule has 1 aliphatic rings. The van der Waals surface area contributed by atoms with Crippen LogP contribution in [0.2, 0.25) is 0 Å². The molecule has 0 aromatic heterocycles. The van der Waals surface area contributed by atoms with Crippen LogP contribution in [0.4, 0.5) is 14.9 Å². The van der Waals surface area contributed by atoms with Crippen molar-refractivity contribution in [2.24, 2.45) is 0 Å². The summed E-state index contributed by atoms with van der Waals surface area (Å²) in [5.41, 5.74) is 0.455. The first kappa shape index (κ1) is 14.7. The minimum atomic E-state index is -0.366. The number of methoxy groups -OCH3 is 1. The van der Waals surface area contributed by atoms with E-state index in [-0.39, 0.29) is 17.9 Å². The number of nitrogens with zero attached hydrogens (tertiary/aromatic N) is 1. The van der Waals surface area contributed by atoms with Gasteiger partial charge in [0, 0.05) is 38.5 Å². The van der Waals surface area contributed by atoms with Crippen molar-refractivity contribution in [3.63, 3.8) is 0 Å². The van der Waals surface area contributed by atoms with Crippen LogP contribution >= 0.6 is 0 Å². The van der Waals surface area contributed by atoms with Crippen LogP contribution in [0.25, 0.3) is 0 Å². The second-order valence-corrected chi connectivity index (χ2v) is 4.89. The van der Waals surface area contributed by atoms with Crippen molar-refractivity contribution >= 4 is 11.7 Å². The molecule has 2 amide bonds. The number of benzene rings is 1. The highest BCUT2D eigenvalue weighted by atomic mass is 19.1. The van der Waals surface area contributed by atoms with E-state index in [1.807, 2.05) is 0 Å². The van der Waals surface area contributed by atoms with Gasteiger partial charge in [-0.25, -0.2) is 9.18 Å². The maximum absolute atomic E-state index is 13.0. The Balaban J connectivity index is 1.75. The van der Waals surface area contributed by atoms with Gasteiger partial charge >= 0.3 is 6.03 Å². The van der Waals surface area contributed by atoms with Gasteiger partial charge in [-0.15, -0.1) is 0 Å². The number of hydrogen-bond acceptors (Lipinski definition) is 3. The summed E-state index contributed by atoms with van der Waals surface area (Å²) in [5.74, 6) is -0.366. The fourth-order valence-corrected chi connectivity index (χ4v) is 2.29. The zero-order valence-corrected chi connectivity index (χ0v) is 11.6. The van der Waals surface area contributed by atoms with Gasteiger partial charge in [0.2, 0.25) is 0 Å². The van der Waals surface area contributed by atoms with E-state index in [1.165, 1.54) is 12.1 Å². The lowest BCUT2D eigenvalue weighted by atomic mass is 10.3. The molecule has 0 bridgehead atoms. The van der Waals surface area contributed by atoms with Gasteiger partial charge in [-0.1, -0.05) is 6.07 Å². The molecule has 1 aromatic carbocycles. The fourth-order valence-electron chi connectivity index (χ4n) is 2.29. The monoisotopic (exact) mass is 281 g/mol. The SMILES string of the molecule is COCCN1CCC(NC(=O)Nc2cccc(F)c2)C1. The number of anilines is 1. The Morgan fingerprint density at radius 1 is 1.55 bits per heavy atom. The standard InChI is InChI=1S/C14H20FN3O2/c1-20-8-7-18-6-5-13(10-18)17-14(19)16-12-4-2-3-11(15)9-12/h2-4,9,13H,5-8,10H2,1H3,(H2,16,17,19). The van der Waals surface area contributed by atoms with Crippen molar-refractivity contribution in [2.75, 3.05) is 38.7 Å². The van der Waals surface area contributed by atoms with Gasteiger partial charge in [0.1, 0.15) is 5.82 Å². The van der Waals surface area contributed by atoms with E-state index in [9.17, 15) is 9.18 Å². The Morgan fingerprint density at radius 3 is 3.15 bits per heavy atom. The molecule has 110 valence electrons. The lowest BCUT2D eigenvalue weighted by Gasteiger charge is -2.16. The minimum Gasteiger partial charge on any atom is -0.383 e. The summed E-state index contributed by atoms with van der Waals surface area (Å²) < 4.78 is 18.0. The van der Waals surface area contributed by atoms with Crippen LogP contribution < -0.4 is 10.6 Å². The Hall–Kier alpha value is -1.66. The molecule has 0 aliphatic carbocycles. The van der Waals surface area contributed by atoms with Crippen LogP contribution in [0.3, 0.4) is 0 Å². The second kappa shape index (κ2) is 7.21. The molecule has 1 fully saturated rings. The van der Waals surface area contributed by atoms with Gasteiger partial charge in [0.05, 0.1) is 6.61 Å². The van der Waals surface area contributed by atoms with Gasteiger partial charge < -0.3 is 15.4 Å². The Labute approximate surface area is 118 Å². The number of hydrogen-bond donors (Lipinski definition) is 2. The van der Waals surface area contributed by atoms with Crippen LogP contribution in [0.1, 0.15) is 6.42 Å². The predicted molar refractivity (Wildman–Crippen MR) is 75.3 cm³/mol. The molecule has 1 unspecified atom stereocenters. The van der Waals surface area contributed by atoms with Gasteiger partial charge in [-0.3, -0.25) is 4.90 Å². The summed E-state index contributed by atoms with van der Waals surface area (Å²) in [6.45, 7) is 3.34. The van der Waals surface area contributed by atoms with Gasteiger partial charge in [0.15, 0.2) is 0 Å². The highest BCUT2D eigenvalue weighted by molar-refractivity contribution is 5.89. The van der Waals surface area contributed by atoms with Crippen LogP contribution in [-0.4, -0.2) is 50.3 Å². The molecule has 0 saturated carbocycles. The number of urea groups is 1. The maximum Gasteiger partial charge on any atom is 0.319 e. The molecule has 0 spiro atoms. The highest BCUT2D eigenvalue weighted by Crippen LogP contribution is 2.11. The molecule has 1 aliphatic heterocycles. The summed E-state index contributed by atoms with van der Waals surface area (Å²) in [6.07, 6.45) is 0.917. The van der Waals surface area contributed by atoms with E-state index in [2.05, 4.69) is 15.5 Å². The number of nitrogens with one attached hydrogen (secondary N) is 2. The minimum absolute atomic E-state index is 0.125. The van der Waals surface area contributed by atoms with Gasteiger partial charge in [-0.2, -0.15) is 0 Å². The van der Waals surface area contributed by atoms with E-state index in [1.54, 1.807) is 19.2 Å². The van der Waals surface area contributed by atoms with E-state index in [0.29, 0.717) is 12.3 Å². The predicted octanol–water partition coefficient (Wildman–Crippen LogP) is 1.67. The van der Waals surface area contributed by atoms with Crippen LogP contribution in [0.15, 0.2) is 24.3 Å². The van der Waals surface area contributed by atoms with Gasteiger partial charge in [0.25, 0.3) is 0 Å². The quantitative estimate of drug-likeness (QED) is 0.863. The topological polar surface area (TPSA) is 53.6 Å². The molecule has 20 heavy (non-hydrogen) atoms. The number of amides is 2. The Morgan fingerprint density at radius 2 is 2.40 bits per heavy atom. The molecule has 2 N–H and O–H groups in total. The summed E-state index contributed by atoms with van der Waals surface area (Å²) in [6, 6.07) is 5.68. The number of rotatable bonds is 5. The smallest absolute Gasteiger partial charge is 0.319 e. The van der Waals surface area contributed by atoms with Crippen molar-refractivity contribution in [2.45, 2.75) is 12.5 Å². The number of ether oxygens (including phenoxy) is 1. The second-order valence-electron chi connectivity index (χ2n) is 4.89. The lowest BCUT2D eigenvalue weighted by molar-refractivity contribution is 0.160. The van der Waals surface area contributed by atoms with Crippen molar-refractivity contribution in [1.29, 1.82) is 0 Å². The molecule has 6 heteroatoms. The average molecular weight is 281 g/mol. The molecule has 0 radical (unpaired) electrons. The number of halogens is 1. The first-order chi connectivity index (χ1) is 9.67. The Bertz CT molecular complexity index is 456. The van der Waals surface area contributed by atoms with Crippen LogP contribution in [-0.2, 0) is 4.74 Å². The number of likely N-dealkylation sites (tertiary alicyclic amines) is 1. The van der Waals surface area contributed by atoms with E-state index in [4.69, 9.17) is 4.74 Å². The van der Waals surface area contributed by atoms with E-state index >= 15 is 0 Å². The molecule has 2 rings (SSSR count). The summed E-state index contributed by atoms with van der Waals surface area (Å²) in [5, 5.41) is 5.53. The molecule has 1 heterocycles. The van der Waals surface area contributed by atoms with E-state index in [0.717, 1.165) is 26.1 Å². The molecule has 1 atom stereocenters. The third-order valence-corrected chi connectivity index (χ3v) is 3.30. The summed E-state index contributed by atoms with van der Waals surface area (Å²) in [7, 11) is 1.68. The maximum atomic E-state index is 13.0. The third-order valence-electron chi connectivity index (χ3n) is 3.30. The normalized spacial score (nSPS) is 19.0. The van der Waals surface area contributed by atoms with Crippen LogP contribution in [0.5, 0.6) is 0 Å². The molecule has 5 nitrogen and oxygen atoms in total.